The highest BCUT2D eigenvalue weighted by Gasteiger charge is 2.38. The van der Waals surface area contributed by atoms with Crippen molar-refractivity contribution >= 4 is 81.9 Å². The molecule has 0 saturated heterocycles. The second-order valence-electron chi connectivity index (χ2n) is 20.4. The number of carboxylic acids is 1. The number of para-hydroxylation sites is 1. The van der Waals surface area contributed by atoms with Crippen LogP contribution in [0, 0.1) is 17.8 Å². The lowest BCUT2D eigenvalue weighted by Crippen LogP contribution is -2.63. The molecule has 1 aromatic heterocycles. The van der Waals surface area contributed by atoms with Crippen LogP contribution >= 0.6 is 0 Å². The first-order valence-electron chi connectivity index (χ1n) is 26.3. The van der Waals surface area contributed by atoms with E-state index in [9.17, 15) is 83.1 Å². The van der Waals surface area contributed by atoms with Crippen LogP contribution in [0.5, 0.6) is 0 Å². The number of aromatic amines is 1. The zero-order valence-corrected chi connectivity index (χ0v) is 46.6. The molecule has 30 nitrogen and oxygen atoms in total. The third-order valence-electron chi connectivity index (χ3n) is 12.8. The van der Waals surface area contributed by atoms with Crippen LogP contribution in [-0.2, 0) is 64.0 Å². The van der Waals surface area contributed by atoms with Crippen molar-refractivity contribution in [3.8, 4) is 0 Å². The van der Waals surface area contributed by atoms with E-state index in [0.29, 0.717) is 0 Å². The third kappa shape index (κ3) is 22.7. The van der Waals surface area contributed by atoms with E-state index in [1.165, 1.54) is 13.8 Å². The number of aliphatic hydroxyl groups is 4. The van der Waals surface area contributed by atoms with E-state index in [2.05, 4.69) is 52.8 Å². The molecule has 20 N–H and O–H groups in total. The summed E-state index contributed by atoms with van der Waals surface area (Å²) in [5.74, 6) is -13.9. The summed E-state index contributed by atoms with van der Waals surface area (Å²) in [6, 6.07) is -6.46. The van der Waals surface area contributed by atoms with Crippen molar-refractivity contribution in [1.29, 1.82) is 0 Å². The maximum absolute atomic E-state index is 14.0. The number of aliphatic carboxylic acids is 1. The lowest BCUT2D eigenvalue weighted by Gasteiger charge is -2.31. The Morgan fingerprint density at radius 2 is 1.05 bits per heavy atom. The number of nitrogens with one attached hydrogen (secondary N) is 11. The van der Waals surface area contributed by atoms with Gasteiger partial charge >= 0.3 is 5.97 Å². The standard InChI is InChI=1S/C51H81N13O17/c1-9-25(6)40(48(77)59-34(21-65)46(75)60-35(22-66)51(80)81)63-50(79)42(27(8)68)64-47(76)39(24(4)5)62-45(74)33(16-23(2)3)58-49(78)41(26(7)67)61-38(71)20-56-44(73)32(14-15-36(53)69)57-37(70)19-55-43(72)30(52)17-28-18-54-31-13-11-10-12-29(28)31/h10-13,18,23-27,30,32-35,39-42,54,65-68H,9,14-17,19-22,52H2,1-8H3,(H2,53,69)(H,55,72)(H,56,73)(H,57,70)(H,58,78)(H,59,77)(H,60,75)(H,61,71)(H,62,74)(H,63,79)(H,64,76)(H,80,81)/t25-,26+,27+,30-,32-,33-,34-,35-,39-,40-,41-,42-/m0/s1. The fraction of sp³-hybridized carbons (Fsp3) is 0.608. The first kappa shape index (κ1) is 69.3. The van der Waals surface area contributed by atoms with E-state index in [-0.39, 0.29) is 38.0 Å². The molecule has 0 spiro atoms. The quantitative estimate of drug-likeness (QED) is 0.0305. The predicted molar refractivity (Wildman–Crippen MR) is 289 cm³/mol. The molecule has 0 unspecified atom stereocenters. The summed E-state index contributed by atoms with van der Waals surface area (Å²) in [4.78, 5) is 160. The van der Waals surface area contributed by atoms with Crippen LogP contribution in [0.25, 0.3) is 10.9 Å². The molecule has 0 fully saturated rings. The minimum Gasteiger partial charge on any atom is -0.480 e. The van der Waals surface area contributed by atoms with Crippen molar-refractivity contribution in [2.45, 2.75) is 154 Å². The maximum atomic E-state index is 14.0. The number of H-pyrrole nitrogens is 1. The molecule has 30 heteroatoms. The number of hydrogen-bond donors (Lipinski definition) is 18. The van der Waals surface area contributed by atoms with E-state index in [1.54, 1.807) is 33.9 Å². The van der Waals surface area contributed by atoms with E-state index in [0.717, 1.165) is 30.3 Å². The largest absolute Gasteiger partial charge is 0.480 e. The Morgan fingerprint density at radius 3 is 1.59 bits per heavy atom. The van der Waals surface area contributed by atoms with Gasteiger partial charge in [0.15, 0.2) is 0 Å². The number of rotatable bonds is 35. The van der Waals surface area contributed by atoms with Crippen molar-refractivity contribution in [3.63, 3.8) is 0 Å². The topological polar surface area (TPSA) is 494 Å². The Labute approximate surface area is 467 Å². The second kappa shape index (κ2) is 33.7. The number of aromatic nitrogens is 1. The summed E-state index contributed by atoms with van der Waals surface area (Å²) in [5, 5.41) is 73.8. The molecule has 2 rings (SSSR count). The SMILES string of the molecule is CC[C@H](C)[C@H](NC(=O)[C@@H](NC(=O)[C@@H](NC(=O)[C@H](CC(C)C)NC(=O)[C@@H](NC(=O)CNC(=O)[C@H](CCC(N)=O)NC(=O)CNC(=O)[C@@H](N)Cc1c[nH]c2ccccc12)[C@@H](C)O)C(C)C)[C@@H](C)O)C(=O)N[C@@H](CO)C(=O)N[C@@H](CO)C(=O)O. The third-order valence-corrected chi connectivity index (χ3v) is 12.8. The molecule has 452 valence electrons. The molecule has 1 aromatic carbocycles. The second-order valence-corrected chi connectivity index (χ2v) is 20.4. The molecule has 0 aliphatic carbocycles. The summed E-state index contributed by atoms with van der Waals surface area (Å²) >= 11 is 0. The number of fused-ring (bicyclic) bond motifs is 1. The Kier molecular flexibility index (Phi) is 28.8. The van der Waals surface area contributed by atoms with Crippen molar-refractivity contribution in [3.05, 3.63) is 36.0 Å². The van der Waals surface area contributed by atoms with Crippen molar-refractivity contribution in [2.75, 3.05) is 26.3 Å². The number of carbonyl (C=O) groups excluding carboxylic acids is 11. The average molecular weight is 1150 g/mol. The van der Waals surface area contributed by atoms with Gasteiger partial charge in [-0.2, -0.15) is 0 Å². The number of hydrogen-bond acceptors (Lipinski definition) is 17. The van der Waals surface area contributed by atoms with Gasteiger partial charge in [-0.05, 0) is 62.5 Å². The van der Waals surface area contributed by atoms with E-state index in [1.807, 2.05) is 29.6 Å². The molecular formula is C51H81N13O17. The summed E-state index contributed by atoms with van der Waals surface area (Å²) in [6.07, 6.45) is -1.88. The number of carbonyl (C=O) groups is 12. The summed E-state index contributed by atoms with van der Waals surface area (Å²) in [5.41, 5.74) is 13.0. The van der Waals surface area contributed by atoms with Gasteiger partial charge in [-0.15, -0.1) is 0 Å². The van der Waals surface area contributed by atoms with Crippen LogP contribution in [-0.4, -0.2) is 194 Å². The smallest absolute Gasteiger partial charge is 0.328 e. The van der Waals surface area contributed by atoms with Gasteiger partial charge in [0.2, 0.25) is 65.0 Å². The molecule has 0 aliphatic rings. The highest BCUT2D eigenvalue weighted by atomic mass is 16.4. The van der Waals surface area contributed by atoms with Crippen LogP contribution < -0.4 is 64.6 Å². The van der Waals surface area contributed by atoms with Gasteiger partial charge in [0.25, 0.3) is 0 Å². The van der Waals surface area contributed by atoms with Gasteiger partial charge in [0.1, 0.15) is 48.3 Å². The van der Waals surface area contributed by atoms with Crippen LogP contribution in [0.15, 0.2) is 30.5 Å². The molecule has 81 heavy (non-hydrogen) atoms. The zero-order valence-electron chi connectivity index (χ0n) is 46.6. The predicted octanol–water partition coefficient (Wildman–Crippen LogP) is -6.01. The first-order chi connectivity index (χ1) is 37.9. The number of amides is 11. The van der Waals surface area contributed by atoms with Gasteiger partial charge < -0.3 is 95.2 Å². The van der Waals surface area contributed by atoms with Crippen LogP contribution in [0.3, 0.4) is 0 Å². The molecule has 12 atom stereocenters. The zero-order chi connectivity index (χ0) is 61.4. The van der Waals surface area contributed by atoms with E-state index < -0.39 is 176 Å². The fourth-order valence-corrected chi connectivity index (χ4v) is 7.91. The lowest BCUT2D eigenvalue weighted by atomic mass is 9.96. The molecule has 0 aliphatic heterocycles. The molecule has 1 heterocycles. The molecule has 0 bridgehead atoms. The van der Waals surface area contributed by atoms with E-state index in [4.69, 9.17) is 11.5 Å². The number of aliphatic hydroxyl groups excluding tert-OH is 4. The highest BCUT2D eigenvalue weighted by molar-refractivity contribution is 5.99. The number of primary amides is 1. The fourth-order valence-electron chi connectivity index (χ4n) is 7.91. The number of benzene rings is 1. The number of carboxylic acid groups (broad SMARTS) is 1. The Bertz CT molecular complexity index is 2520. The van der Waals surface area contributed by atoms with Crippen LogP contribution in [0.2, 0.25) is 0 Å². The summed E-state index contributed by atoms with van der Waals surface area (Å²) in [7, 11) is 0. The Morgan fingerprint density at radius 1 is 0.568 bits per heavy atom. The molecule has 0 saturated carbocycles. The maximum Gasteiger partial charge on any atom is 0.328 e. The minimum absolute atomic E-state index is 0.0570. The molecular weight excluding hydrogens is 1070 g/mol. The van der Waals surface area contributed by atoms with Gasteiger partial charge in [0.05, 0.1) is 44.6 Å². The van der Waals surface area contributed by atoms with Gasteiger partial charge in [-0.25, -0.2) is 4.79 Å². The normalized spacial score (nSPS) is 15.7. The minimum atomic E-state index is -1.77. The average Bonchev–Trinajstić information content (AvgIpc) is 3.82. The van der Waals surface area contributed by atoms with Gasteiger partial charge in [-0.1, -0.05) is 66.2 Å². The van der Waals surface area contributed by atoms with Gasteiger partial charge in [0, 0.05) is 23.5 Å². The molecule has 2 aromatic rings. The van der Waals surface area contributed by atoms with Gasteiger partial charge in [-0.3, -0.25) is 52.7 Å². The van der Waals surface area contributed by atoms with Crippen molar-refractivity contribution in [2.24, 2.45) is 29.2 Å². The monoisotopic (exact) mass is 1150 g/mol. The van der Waals surface area contributed by atoms with Crippen LogP contribution in [0.1, 0.15) is 86.6 Å². The lowest BCUT2D eigenvalue weighted by molar-refractivity contribution is -0.143. The molecule has 0 radical (unpaired) electrons. The van der Waals surface area contributed by atoms with Crippen molar-refractivity contribution in [1.82, 2.24) is 58.2 Å². The highest BCUT2D eigenvalue weighted by Crippen LogP contribution is 2.19. The first-order valence-corrected chi connectivity index (χ1v) is 26.3. The summed E-state index contributed by atoms with van der Waals surface area (Å²) in [6.45, 7) is 8.52. The Hall–Kier alpha value is -7.80. The molecule has 11 amide bonds. The number of nitrogens with two attached hydrogens (primary N) is 2. The van der Waals surface area contributed by atoms with E-state index >= 15 is 0 Å². The van der Waals surface area contributed by atoms with Crippen LogP contribution in [0.4, 0.5) is 0 Å². The van der Waals surface area contributed by atoms with Crippen molar-refractivity contribution < 1.29 is 83.1 Å². The Balaban J connectivity index is 2.15. The summed E-state index contributed by atoms with van der Waals surface area (Å²) < 4.78 is 0.